The van der Waals surface area contributed by atoms with Crippen LogP contribution in [0.1, 0.15) is 48.0 Å². The summed E-state index contributed by atoms with van der Waals surface area (Å²) in [5.41, 5.74) is 1.55. The van der Waals surface area contributed by atoms with Crippen molar-refractivity contribution in [2.75, 3.05) is 12.8 Å². The van der Waals surface area contributed by atoms with Gasteiger partial charge >= 0.3 is 0 Å². The van der Waals surface area contributed by atoms with E-state index >= 15 is 0 Å². The largest absolute Gasteiger partial charge is 0.348 e. The molecule has 1 N–H and O–H groups in total. The van der Waals surface area contributed by atoms with E-state index in [1.165, 1.54) is 31.0 Å². The second kappa shape index (κ2) is 10.3. The van der Waals surface area contributed by atoms with E-state index in [1.807, 2.05) is 42.3 Å². The van der Waals surface area contributed by atoms with Crippen molar-refractivity contribution >= 4 is 23.6 Å². The first kappa shape index (κ1) is 20.4. The number of rotatable bonds is 7. The lowest BCUT2D eigenvalue weighted by Gasteiger charge is -2.31. The van der Waals surface area contributed by atoms with E-state index in [9.17, 15) is 9.59 Å². The van der Waals surface area contributed by atoms with Gasteiger partial charge in [-0.15, -0.1) is 11.8 Å². The summed E-state index contributed by atoms with van der Waals surface area (Å²) in [4.78, 5) is 32.0. The average Bonchev–Trinajstić information content (AvgIpc) is 2.76. The van der Waals surface area contributed by atoms with Gasteiger partial charge in [0.05, 0.1) is 11.3 Å². The van der Waals surface area contributed by atoms with Crippen LogP contribution in [-0.2, 0) is 11.3 Å². The molecule has 0 saturated heterocycles. The molecule has 0 spiro atoms. The zero-order valence-corrected chi connectivity index (χ0v) is 17.1. The molecule has 1 fully saturated rings. The SMILES string of the molecule is CN(C(=O)CSc1ccccc1C(=O)NCc1cccnc1)C1CCCCC1. The molecule has 1 aliphatic carbocycles. The van der Waals surface area contributed by atoms with Gasteiger partial charge < -0.3 is 10.2 Å². The van der Waals surface area contributed by atoms with E-state index in [4.69, 9.17) is 0 Å². The Morgan fingerprint density at radius 2 is 1.93 bits per heavy atom. The second-order valence-electron chi connectivity index (χ2n) is 7.13. The molecule has 0 radical (unpaired) electrons. The molecule has 0 aliphatic heterocycles. The number of carbonyl (C=O) groups excluding carboxylic acids is 2. The third-order valence-corrected chi connectivity index (χ3v) is 6.23. The molecule has 2 aromatic rings. The molecular weight excluding hydrogens is 370 g/mol. The molecular formula is C22H27N3O2S. The summed E-state index contributed by atoms with van der Waals surface area (Å²) >= 11 is 1.43. The molecule has 0 bridgehead atoms. The molecule has 0 unspecified atom stereocenters. The molecule has 6 heteroatoms. The number of nitrogens with zero attached hydrogens (tertiary/aromatic N) is 2. The molecule has 1 heterocycles. The predicted molar refractivity (Wildman–Crippen MR) is 112 cm³/mol. The number of aromatic nitrogens is 1. The number of benzene rings is 1. The zero-order chi connectivity index (χ0) is 19.8. The fourth-order valence-electron chi connectivity index (χ4n) is 3.47. The summed E-state index contributed by atoms with van der Waals surface area (Å²) in [6, 6.07) is 11.6. The van der Waals surface area contributed by atoms with Crippen LogP contribution in [-0.4, -0.2) is 40.5 Å². The number of hydrogen-bond donors (Lipinski definition) is 1. The van der Waals surface area contributed by atoms with Crippen LogP contribution in [0.3, 0.4) is 0 Å². The van der Waals surface area contributed by atoms with Crippen LogP contribution in [0.25, 0.3) is 0 Å². The fourth-order valence-corrected chi connectivity index (χ4v) is 4.45. The zero-order valence-electron chi connectivity index (χ0n) is 16.3. The topological polar surface area (TPSA) is 62.3 Å². The minimum Gasteiger partial charge on any atom is -0.348 e. The van der Waals surface area contributed by atoms with Crippen LogP contribution < -0.4 is 5.32 Å². The Labute approximate surface area is 170 Å². The lowest BCUT2D eigenvalue weighted by atomic mass is 9.94. The first-order valence-corrected chi connectivity index (χ1v) is 10.8. The Hall–Kier alpha value is -2.34. The number of pyridine rings is 1. The van der Waals surface area contributed by atoms with Crippen molar-refractivity contribution < 1.29 is 9.59 Å². The Balaban J connectivity index is 1.57. The maximum atomic E-state index is 12.6. The molecule has 1 aliphatic rings. The van der Waals surface area contributed by atoms with Crippen molar-refractivity contribution in [3.63, 3.8) is 0 Å². The van der Waals surface area contributed by atoms with E-state index in [1.54, 1.807) is 18.5 Å². The molecule has 1 aromatic carbocycles. The molecule has 1 saturated carbocycles. The first-order chi connectivity index (χ1) is 13.6. The van der Waals surface area contributed by atoms with Crippen molar-refractivity contribution in [3.05, 3.63) is 59.9 Å². The number of amides is 2. The average molecular weight is 398 g/mol. The number of hydrogen-bond acceptors (Lipinski definition) is 4. The number of thioether (sulfide) groups is 1. The Morgan fingerprint density at radius 1 is 1.14 bits per heavy atom. The van der Waals surface area contributed by atoms with Crippen molar-refractivity contribution in [3.8, 4) is 0 Å². The van der Waals surface area contributed by atoms with E-state index < -0.39 is 0 Å². The Bertz CT molecular complexity index is 791. The standard InChI is InChI=1S/C22H27N3O2S/c1-25(18-9-3-2-4-10-18)21(26)16-28-20-12-6-5-11-19(20)22(27)24-15-17-8-7-13-23-14-17/h5-8,11-14,18H,2-4,9-10,15-16H2,1H3,(H,24,27). The van der Waals surface area contributed by atoms with Crippen LogP contribution >= 0.6 is 11.8 Å². The Kier molecular flexibility index (Phi) is 7.48. The van der Waals surface area contributed by atoms with Gasteiger partial charge in [-0.05, 0) is 36.6 Å². The number of carbonyl (C=O) groups is 2. The predicted octanol–water partition coefficient (Wildman–Crippen LogP) is 3.89. The quantitative estimate of drug-likeness (QED) is 0.720. The van der Waals surface area contributed by atoms with Crippen LogP contribution in [0, 0.1) is 0 Å². The van der Waals surface area contributed by atoms with Crippen molar-refractivity contribution in [1.29, 1.82) is 0 Å². The summed E-state index contributed by atoms with van der Waals surface area (Å²) in [5.74, 6) is 0.336. The van der Waals surface area contributed by atoms with Gasteiger partial charge in [-0.3, -0.25) is 14.6 Å². The van der Waals surface area contributed by atoms with Gasteiger partial charge in [0.15, 0.2) is 0 Å². The molecule has 28 heavy (non-hydrogen) atoms. The normalized spacial score (nSPS) is 14.5. The van der Waals surface area contributed by atoms with Crippen LogP contribution in [0.2, 0.25) is 0 Å². The molecule has 1 aromatic heterocycles. The minimum absolute atomic E-state index is 0.127. The van der Waals surface area contributed by atoms with Gasteiger partial charge in [-0.25, -0.2) is 0 Å². The second-order valence-corrected chi connectivity index (χ2v) is 8.14. The fraction of sp³-hybridized carbons (Fsp3) is 0.409. The van der Waals surface area contributed by atoms with Gasteiger partial charge in [0.2, 0.25) is 5.91 Å². The molecule has 0 atom stereocenters. The summed E-state index contributed by atoms with van der Waals surface area (Å²) in [7, 11) is 1.91. The van der Waals surface area contributed by atoms with Gasteiger partial charge in [-0.1, -0.05) is 37.5 Å². The highest BCUT2D eigenvalue weighted by molar-refractivity contribution is 8.00. The third kappa shape index (κ3) is 5.58. The molecule has 3 rings (SSSR count). The van der Waals surface area contributed by atoms with Gasteiger partial charge in [0.25, 0.3) is 5.91 Å². The first-order valence-electron chi connectivity index (χ1n) is 9.79. The Morgan fingerprint density at radius 3 is 2.68 bits per heavy atom. The highest BCUT2D eigenvalue weighted by Crippen LogP contribution is 2.25. The maximum Gasteiger partial charge on any atom is 0.252 e. The van der Waals surface area contributed by atoms with E-state index in [-0.39, 0.29) is 11.8 Å². The van der Waals surface area contributed by atoms with E-state index in [0.717, 1.165) is 23.3 Å². The van der Waals surface area contributed by atoms with Crippen LogP contribution in [0.4, 0.5) is 0 Å². The van der Waals surface area contributed by atoms with Crippen molar-refractivity contribution in [2.45, 2.75) is 49.6 Å². The van der Waals surface area contributed by atoms with Crippen LogP contribution in [0.5, 0.6) is 0 Å². The highest BCUT2D eigenvalue weighted by atomic mass is 32.2. The highest BCUT2D eigenvalue weighted by Gasteiger charge is 2.22. The molecule has 5 nitrogen and oxygen atoms in total. The maximum absolute atomic E-state index is 12.6. The minimum atomic E-state index is -0.139. The smallest absolute Gasteiger partial charge is 0.252 e. The van der Waals surface area contributed by atoms with Gasteiger partial charge in [0, 0.05) is 36.9 Å². The van der Waals surface area contributed by atoms with Gasteiger partial charge in [0.1, 0.15) is 0 Å². The monoisotopic (exact) mass is 397 g/mol. The third-order valence-electron chi connectivity index (χ3n) is 5.17. The summed E-state index contributed by atoms with van der Waals surface area (Å²) < 4.78 is 0. The lowest BCUT2D eigenvalue weighted by molar-refractivity contribution is -0.129. The van der Waals surface area contributed by atoms with E-state index in [2.05, 4.69) is 10.3 Å². The van der Waals surface area contributed by atoms with Crippen LogP contribution in [0.15, 0.2) is 53.7 Å². The molecule has 2 amide bonds. The summed E-state index contributed by atoms with van der Waals surface area (Å²) in [6.07, 6.45) is 9.32. The number of nitrogens with one attached hydrogen (secondary N) is 1. The molecule has 148 valence electrons. The summed E-state index contributed by atoms with van der Waals surface area (Å²) in [5, 5.41) is 2.93. The lowest BCUT2D eigenvalue weighted by Crippen LogP contribution is -2.39. The summed E-state index contributed by atoms with van der Waals surface area (Å²) in [6.45, 7) is 0.426. The van der Waals surface area contributed by atoms with Crippen molar-refractivity contribution in [2.24, 2.45) is 0 Å². The van der Waals surface area contributed by atoms with Crippen molar-refractivity contribution in [1.82, 2.24) is 15.2 Å². The van der Waals surface area contributed by atoms with E-state index in [0.29, 0.717) is 23.9 Å². The van der Waals surface area contributed by atoms with Gasteiger partial charge in [-0.2, -0.15) is 0 Å².